The number of nitrogens with one attached hydrogen (secondary N) is 1. The molecule has 1 aromatic carbocycles. The van der Waals surface area contributed by atoms with Crippen LogP contribution in [0.15, 0.2) is 61.0 Å². The fourth-order valence-corrected chi connectivity index (χ4v) is 2.88. The van der Waals surface area contributed by atoms with Crippen LogP contribution in [0, 0.1) is 0 Å². The van der Waals surface area contributed by atoms with E-state index in [-0.39, 0.29) is 17.4 Å². The number of H-pyrrole nitrogens is 1. The number of halogens is 2. The maximum absolute atomic E-state index is 15.3. The molecule has 0 amide bonds. The van der Waals surface area contributed by atoms with Gasteiger partial charge in [-0.25, -0.2) is 0 Å². The van der Waals surface area contributed by atoms with Crippen LogP contribution in [0.3, 0.4) is 0 Å². The fourth-order valence-electron chi connectivity index (χ4n) is 2.88. The minimum atomic E-state index is -3.44. The zero-order valence-electron chi connectivity index (χ0n) is 14.6. The molecule has 132 valence electrons. The largest absolute Gasteiger partial charge is 0.333 e. The molecule has 0 aliphatic carbocycles. The first-order valence-corrected chi connectivity index (χ1v) is 8.00. The molecule has 0 spiro atoms. The summed E-state index contributed by atoms with van der Waals surface area (Å²) in [7, 11) is 0. The van der Waals surface area contributed by atoms with Crippen LogP contribution in [-0.2, 0) is 5.92 Å². The average Bonchev–Trinajstić information content (AvgIpc) is 3.37. The number of nitrogens with zero attached hydrogens (tertiary/aromatic N) is 6. The number of aromatic nitrogens is 7. The van der Waals surface area contributed by atoms with E-state index in [1.54, 1.807) is 30.6 Å². The van der Waals surface area contributed by atoms with Gasteiger partial charge in [0.2, 0.25) is 5.82 Å². The number of pyridine rings is 1. The number of rotatable bonds is 3. The second kappa shape index (κ2) is 5.63. The standard InChI is InChI=1S/C18H11F2N7/c19-18(20,13-3-4-14-11(8-13)2-1-7-21-14)17-25-24-16-6-5-15(26-27(16)17)12-9-22-23-10-12/h1-10H,(H,22,23)/i7D. The smallest absolute Gasteiger partial charge is 0.285 e. The summed E-state index contributed by atoms with van der Waals surface area (Å²) in [6.45, 7) is 0. The van der Waals surface area contributed by atoms with Crippen molar-refractivity contribution in [3.05, 3.63) is 72.4 Å². The summed E-state index contributed by atoms with van der Waals surface area (Å²) in [4.78, 5) is 4.02. The van der Waals surface area contributed by atoms with Crippen molar-refractivity contribution >= 4 is 16.6 Å². The van der Waals surface area contributed by atoms with Gasteiger partial charge in [-0.3, -0.25) is 10.1 Å². The number of benzene rings is 1. The lowest BCUT2D eigenvalue weighted by atomic mass is 10.0. The van der Waals surface area contributed by atoms with Gasteiger partial charge in [-0.1, -0.05) is 12.1 Å². The molecule has 5 rings (SSSR count). The van der Waals surface area contributed by atoms with Crippen molar-refractivity contribution < 1.29 is 10.2 Å². The van der Waals surface area contributed by atoms with E-state index in [9.17, 15) is 0 Å². The van der Waals surface area contributed by atoms with E-state index in [0.29, 0.717) is 22.2 Å². The highest BCUT2D eigenvalue weighted by Gasteiger charge is 2.40. The molecule has 7 nitrogen and oxygen atoms in total. The van der Waals surface area contributed by atoms with Gasteiger partial charge in [0, 0.05) is 28.9 Å². The summed E-state index contributed by atoms with van der Waals surface area (Å²) >= 11 is 0. The summed E-state index contributed by atoms with van der Waals surface area (Å²) in [6, 6.07) is 10.3. The van der Waals surface area contributed by atoms with E-state index in [1.807, 2.05) is 0 Å². The Bertz CT molecular complexity index is 1310. The molecule has 0 unspecified atom stereocenters. The molecule has 0 aliphatic heterocycles. The van der Waals surface area contributed by atoms with Crippen molar-refractivity contribution in [3.8, 4) is 11.3 Å². The third-order valence-corrected chi connectivity index (χ3v) is 4.25. The van der Waals surface area contributed by atoms with Crippen LogP contribution in [0.1, 0.15) is 12.8 Å². The summed E-state index contributed by atoms with van der Waals surface area (Å²) in [5, 5.41) is 18.8. The Morgan fingerprint density at radius 3 is 2.89 bits per heavy atom. The van der Waals surface area contributed by atoms with E-state index in [2.05, 4.69) is 30.5 Å². The second-order valence-corrected chi connectivity index (χ2v) is 5.92. The van der Waals surface area contributed by atoms with Gasteiger partial charge in [0.25, 0.3) is 0 Å². The predicted octanol–water partition coefficient (Wildman–Crippen LogP) is 3.20. The molecule has 4 aromatic heterocycles. The molecule has 0 aliphatic rings. The Hall–Kier alpha value is -3.75. The van der Waals surface area contributed by atoms with E-state index in [0.717, 1.165) is 4.52 Å². The van der Waals surface area contributed by atoms with Crippen LogP contribution < -0.4 is 0 Å². The molecular formula is C18H11F2N7. The van der Waals surface area contributed by atoms with Crippen molar-refractivity contribution in [3.63, 3.8) is 0 Å². The molecule has 27 heavy (non-hydrogen) atoms. The second-order valence-electron chi connectivity index (χ2n) is 5.92. The lowest BCUT2D eigenvalue weighted by molar-refractivity contribution is 0.0307. The molecule has 0 radical (unpaired) electrons. The highest BCUT2D eigenvalue weighted by Crippen LogP contribution is 2.35. The first-order chi connectivity index (χ1) is 13.5. The number of alkyl halides is 2. The maximum atomic E-state index is 15.3. The normalized spacial score (nSPS) is 12.6. The van der Waals surface area contributed by atoms with Crippen LogP contribution in [0.25, 0.3) is 27.8 Å². The zero-order valence-corrected chi connectivity index (χ0v) is 13.6. The van der Waals surface area contributed by atoms with Gasteiger partial charge in [0.15, 0.2) is 5.65 Å². The third-order valence-electron chi connectivity index (χ3n) is 4.25. The van der Waals surface area contributed by atoms with E-state index < -0.39 is 11.7 Å². The Morgan fingerprint density at radius 2 is 2.04 bits per heavy atom. The van der Waals surface area contributed by atoms with Gasteiger partial charge >= 0.3 is 5.92 Å². The van der Waals surface area contributed by atoms with Crippen LogP contribution >= 0.6 is 0 Å². The number of fused-ring (bicyclic) bond motifs is 2. The summed E-state index contributed by atoms with van der Waals surface area (Å²) in [6.07, 6.45) is 3.24. The molecule has 4 heterocycles. The minimum Gasteiger partial charge on any atom is -0.285 e. The molecule has 9 heteroatoms. The average molecular weight is 364 g/mol. The number of aromatic amines is 1. The van der Waals surface area contributed by atoms with E-state index >= 15 is 8.78 Å². The maximum Gasteiger partial charge on any atom is 0.333 e. The summed E-state index contributed by atoms with van der Waals surface area (Å²) in [5.41, 5.74) is 1.54. The van der Waals surface area contributed by atoms with Crippen molar-refractivity contribution in [1.29, 1.82) is 0 Å². The van der Waals surface area contributed by atoms with Crippen molar-refractivity contribution in [2.75, 3.05) is 0 Å². The van der Waals surface area contributed by atoms with Gasteiger partial charge in [0.1, 0.15) is 0 Å². The predicted molar refractivity (Wildman–Crippen MR) is 93.1 cm³/mol. The first kappa shape index (κ1) is 14.4. The Kier molecular flexibility index (Phi) is 3.01. The van der Waals surface area contributed by atoms with Crippen molar-refractivity contribution in [2.24, 2.45) is 0 Å². The highest BCUT2D eigenvalue weighted by molar-refractivity contribution is 5.79. The minimum absolute atomic E-state index is 0.0754. The van der Waals surface area contributed by atoms with Gasteiger partial charge in [-0.2, -0.15) is 23.5 Å². The highest BCUT2D eigenvalue weighted by atomic mass is 19.3. The summed E-state index contributed by atoms with van der Waals surface area (Å²) in [5.74, 6) is -4.02. The third kappa shape index (κ3) is 2.43. The number of hydrogen-bond acceptors (Lipinski definition) is 5. The Labute approximate surface area is 152 Å². The molecule has 5 aromatic rings. The van der Waals surface area contributed by atoms with Gasteiger partial charge < -0.3 is 0 Å². The molecule has 0 saturated heterocycles. The molecule has 0 bridgehead atoms. The van der Waals surface area contributed by atoms with Crippen LogP contribution in [0.4, 0.5) is 8.78 Å². The zero-order chi connectivity index (χ0) is 19.3. The van der Waals surface area contributed by atoms with Crippen LogP contribution in [0.2, 0.25) is 0 Å². The summed E-state index contributed by atoms with van der Waals surface area (Å²) < 4.78 is 39.2. The molecule has 1 N–H and O–H groups in total. The van der Waals surface area contributed by atoms with E-state index in [1.165, 1.54) is 24.3 Å². The van der Waals surface area contributed by atoms with Crippen molar-refractivity contribution in [2.45, 2.75) is 5.92 Å². The van der Waals surface area contributed by atoms with Crippen molar-refractivity contribution in [1.82, 2.24) is 35.0 Å². The van der Waals surface area contributed by atoms with Crippen LogP contribution in [-0.4, -0.2) is 35.0 Å². The fraction of sp³-hybridized carbons (Fsp3) is 0.0556. The Balaban J connectivity index is 1.65. The molecule has 0 fully saturated rings. The molecular weight excluding hydrogens is 352 g/mol. The van der Waals surface area contributed by atoms with Crippen LogP contribution in [0.5, 0.6) is 0 Å². The number of hydrogen-bond donors (Lipinski definition) is 1. The van der Waals surface area contributed by atoms with Gasteiger partial charge in [-0.15, -0.1) is 10.2 Å². The quantitative estimate of drug-likeness (QED) is 0.531. The lowest BCUT2D eigenvalue weighted by Gasteiger charge is -2.15. The monoisotopic (exact) mass is 364 g/mol. The van der Waals surface area contributed by atoms with Gasteiger partial charge in [-0.05, 0) is 30.3 Å². The van der Waals surface area contributed by atoms with Gasteiger partial charge in [0.05, 0.1) is 18.8 Å². The van der Waals surface area contributed by atoms with E-state index in [4.69, 9.17) is 1.37 Å². The lowest BCUT2D eigenvalue weighted by Crippen LogP contribution is -2.20. The topological polar surface area (TPSA) is 84.6 Å². The SMILES string of the molecule is [2H]c1ccc2cc(C(F)(F)c3nnc4ccc(-c5cn[nH]c5)nn34)ccc2n1. The molecule has 0 atom stereocenters. The molecule has 0 saturated carbocycles. The first-order valence-electron chi connectivity index (χ1n) is 8.50. The Morgan fingerprint density at radius 1 is 1.11 bits per heavy atom.